The topological polar surface area (TPSA) is 72.5 Å². The molecule has 0 unspecified atom stereocenters. The van der Waals surface area contributed by atoms with Crippen molar-refractivity contribution in [2.75, 3.05) is 0 Å². The zero-order valence-electron chi connectivity index (χ0n) is 11.7. The average molecular weight is 277 g/mol. The van der Waals surface area contributed by atoms with Gasteiger partial charge in [-0.1, -0.05) is 24.3 Å². The SMILES string of the molecule is Cn1c(-c2n[nH]c3ccccc23)nc2cc(CN)ccc21. The van der Waals surface area contributed by atoms with Gasteiger partial charge >= 0.3 is 0 Å². The molecule has 21 heavy (non-hydrogen) atoms. The summed E-state index contributed by atoms with van der Waals surface area (Å²) in [6, 6.07) is 14.2. The number of benzene rings is 2. The van der Waals surface area contributed by atoms with Crippen molar-refractivity contribution < 1.29 is 0 Å². The normalized spacial score (nSPS) is 11.5. The molecule has 5 heteroatoms. The first-order valence-electron chi connectivity index (χ1n) is 6.87. The second-order valence-electron chi connectivity index (χ2n) is 5.14. The van der Waals surface area contributed by atoms with Crippen LogP contribution in [0.1, 0.15) is 5.56 Å². The number of aromatic amines is 1. The zero-order chi connectivity index (χ0) is 14.4. The van der Waals surface area contributed by atoms with E-state index in [9.17, 15) is 0 Å². The van der Waals surface area contributed by atoms with E-state index in [1.165, 1.54) is 0 Å². The summed E-state index contributed by atoms with van der Waals surface area (Å²) in [7, 11) is 2.01. The van der Waals surface area contributed by atoms with Gasteiger partial charge in [0.1, 0.15) is 5.69 Å². The van der Waals surface area contributed by atoms with E-state index in [-0.39, 0.29) is 0 Å². The van der Waals surface area contributed by atoms with E-state index in [1.807, 2.05) is 37.4 Å². The summed E-state index contributed by atoms with van der Waals surface area (Å²) in [6.45, 7) is 0.521. The zero-order valence-corrected chi connectivity index (χ0v) is 11.7. The largest absolute Gasteiger partial charge is 0.326 e. The summed E-state index contributed by atoms with van der Waals surface area (Å²) in [5.41, 5.74) is 10.7. The van der Waals surface area contributed by atoms with Gasteiger partial charge in [0.25, 0.3) is 0 Å². The minimum absolute atomic E-state index is 0.521. The van der Waals surface area contributed by atoms with Crippen LogP contribution in [-0.2, 0) is 13.6 Å². The number of H-pyrrole nitrogens is 1. The lowest BCUT2D eigenvalue weighted by Gasteiger charge is -2.00. The Labute approximate surface area is 121 Å². The molecule has 0 spiro atoms. The molecule has 0 aliphatic rings. The lowest BCUT2D eigenvalue weighted by molar-refractivity contribution is 0.946. The van der Waals surface area contributed by atoms with E-state index in [2.05, 4.69) is 26.9 Å². The maximum absolute atomic E-state index is 5.70. The van der Waals surface area contributed by atoms with Crippen LogP contribution >= 0.6 is 0 Å². The number of para-hydroxylation sites is 1. The molecular weight excluding hydrogens is 262 g/mol. The van der Waals surface area contributed by atoms with Crippen molar-refractivity contribution in [1.29, 1.82) is 0 Å². The van der Waals surface area contributed by atoms with Gasteiger partial charge in [0.05, 0.1) is 16.6 Å². The van der Waals surface area contributed by atoms with Gasteiger partial charge in [0.2, 0.25) is 0 Å². The van der Waals surface area contributed by atoms with Gasteiger partial charge in [-0.05, 0) is 23.8 Å². The Morgan fingerprint density at radius 2 is 2.05 bits per heavy atom. The summed E-state index contributed by atoms with van der Waals surface area (Å²) < 4.78 is 2.07. The highest BCUT2D eigenvalue weighted by molar-refractivity contribution is 5.93. The van der Waals surface area contributed by atoms with Crippen molar-refractivity contribution >= 4 is 21.9 Å². The van der Waals surface area contributed by atoms with E-state index in [0.717, 1.165) is 39.0 Å². The smallest absolute Gasteiger partial charge is 0.162 e. The fourth-order valence-corrected chi connectivity index (χ4v) is 2.72. The minimum atomic E-state index is 0.521. The highest BCUT2D eigenvalue weighted by atomic mass is 15.2. The van der Waals surface area contributed by atoms with Crippen LogP contribution in [0.25, 0.3) is 33.5 Å². The number of nitrogens with zero attached hydrogens (tertiary/aromatic N) is 3. The summed E-state index contributed by atoms with van der Waals surface area (Å²) >= 11 is 0. The molecule has 2 aromatic carbocycles. The van der Waals surface area contributed by atoms with Gasteiger partial charge in [0.15, 0.2) is 5.82 Å². The predicted molar refractivity (Wildman–Crippen MR) is 83.7 cm³/mol. The third-order valence-electron chi connectivity index (χ3n) is 3.86. The molecule has 0 aliphatic carbocycles. The van der Waals surface area contributed by atoms with Crippen LogP contribution in [-0.4, -0.2) is 19.7 Å². The molecule has 0 saturated carbocycles. The summed E-state index contributed by atoms with van der Waals surface area (Å²) in [6.07, 6.45) is 0. The number of rotatable bonds is 2. The Balaban J connectivity index is 2.00. The van der Waals surface area contributed by atoms with Crippen molar-refractivity contribution in [1.82, 2.24) is 19.7 Å². The van der Waals surface area contributed by atoms with Crippen molar-refractivity contribution in [3.63, 3.8) is 0 Å². The summed E-state index contributed by atoms with van der Waals surface area (Å²) in [5.74, 6) is 0.858. The van der Waals surface area contributed by atoms with Crippen LogP contribution < -0.4 is 5.73 Å². The second kappa shape index (κ2) is 4.43. The first-order valence-corrected chi connectivity index (χ1v) is 6.87. The molecule has 3 N–H and O–H groups in total. The van der Waals surface area contributed by atoms with E-state index in [1.54, 1.807) is 0 Å². The third-order valence-corrected chi connectivity index (χ3v) is 3.86. The molecule has 104 valence electrons. The monoisotopic (exact) mass is 277 g/mol. The van der Waals surface area contributed by atoms with Crippen LogP contribution in [0.2, 0.25) is 0 Å². The Bertz CT molecular complexity index is 948. The average Bonchev–Trinajstić information content (AvgIpc) is 3.08. The molecule has 0 amide bonds. The molecule has 0 fully saturated rings. The van der Waals surface area contributed by atoms with Gasteiger partial charge in [-0.15, -0.1) is 0 Å². The Kier molecular flexibility index (Phi) is 2.55. The predicted octanol–water partition coefficient (Wildman–Crippen LogP) is 2.58. The molecule has 0 atom stereocenters. The van der Waals surface area contributed by atoms with E-state index in [4.69, 9.17) is 10.7 Å². The van der Waals surface area contributed by atoms with Crippen LogP contribution in [0, 0.1) is 0 Å². The quantitative estimate of drug-likeness (QED) is 0.591. The number of imidazole rings is 1. The summed E-state index contributed by atoms with van der Waals surface area (Å²) in [5, 5.41) is 8.57. The molecule has 0 radical (unpaired) electrons. The third kappa shape index (κ3) is 1.75. The first kappa shape index (κ1) is 12.1. The van der Waals surface area contributed by atoms with E-state index in [0.29, 0.717) is 6.54 Å². The number of fused-ring (bicyclic) bond motifs is 2. The molecule has 2 heterocycles. The molecular formula is C16H15N5. The van der Waals surface area contributed by atoms with E-state index < -0.39 is 0 Å². The van der Waals surface area contributed by atoms with Gasteiger partial charge < -0.3 is 10.3 Å². The molecule has 0 saturated heterocycles. The highest BCUT2D eigenvalue weighted by Gasteiger charge is 2.15. The van der Waals surface area contributed by atoms with Crippen molar-refractivity contribution in [2.45, 2.75) is 6.54 Å². The van der Waals surface area contributed by atoms with Crippen LogP contribution in [0.4, 0.5) is 0 Å². The maximum Gasteiger partial charge on any atom is 0.162 e. The number of nitrogens with one attached hydrogen (secondary N) is 1. The highest BCUT2D eigenvalue weighted by Crippen LogP contribution is 2.28. The molecule has 4 aromatic rings. The van der Waals surface area contributed by atoms with Gasteiger partial charge in [-0.25, -0.2) is 4.98 Å². The maximum atomic E-state index is 5.70. The first-order chi connectivity index (χ1) is 10.3. The molecule has 0 aliphatic heterocycles. The number of aromatic nitrogens is 4. The standard InChI is InChI=1S/C16H15N5/c1-21-14-7-6-10(9-17)8-13(14)18-16(21)15-11-4-2-3-5-12(11)19-20-15/h2-8H,9,17H2,1H3,(H,19,20). The fraction of sp³-hybridized carbons (Fsp3) is 0.125. The fourth-order valence-electron chi connectivity index (χ4n) is 2.72. The molecule has 2 aromatic heterocycles. The molecule has 5 nitrogen and oxygen atoms in total. The van der Waals surface area contributed by atoms with Crippen molar-refractivity contribution in [3.05, 3.63) is 48.0 Å². The van der Waals surface area contributed by atoms with Gasteiger partial charge in [0, 0.05) is 19.0 Å². The Morgan fingerprint density at radius 3 is 2.90 bits per heavy atom. The van der Waals surface area contributed by atoms with Crippen molar-refractivity contribution in [2.24, 2.45) is 12.8 Å². The van der Waals surface area contributed by atoms with Crippen molar-refractivity contribution in [3.8, 4) is 11.5 Å². The van der Waals surface area contributed by atoms with E-state index >= 15 is 0 Å². The number of hydrogen-bond donors (Lipinski definition) is 2. The molecule has 0 bridgehead atoms. The van der Waals surface area contributed by atoms with Gasteiger partial charge in [-0.2, -0.15) is 5.10 Å². The Morgan fingerprint density at radius 1 is 1.19 bits per heavy atom. The van der Waals surface area contributed by atoms with Crippen LogP contribution in [0.5, 0.6) is 0 Å². The van der Waals surface area contributed by atoms with Crippen LogP contribution in [0.3, 0.4) is 0 Å². The van der Waals surface area contributed by atoms with Crippen LogP contribution in [0.15, 0.2) is 42.5 Å². The number of aryl methyl sites for hydroxylation is 1. The van der Waals surface area contributed by atoms with Gasteiger partial charge in [-0.3, -0.25) is 5.10 Å². The second-order valence-corrected chi connectivity index (χ2v) is 5.14. The number of nitrogens with two attached hydrogens (primary N) is 1. The molecule has 4 rings (SSSR count). The summed E-state index contributed by atoms with van der Waals surface area (Å²) in [4.78, 5) is 4.74. The minimum Gasteiger partial charge on any atom is -0.326 e. The Hall–Kier alpha value is -2.66. The number of hydrogen-bond acceptors (Lipinski definition) is 3. The lowest BCUT2D eigenvalue weighted by atomic mass is 10.2. The lowest BCUT2D eigenvalue weighted by Crippen LogP contribution is -1.96.